The molecule has 0 spiro atoms. The number of hydrogen-bond donors (Lipinski definition) is 2. The van der Waals surface area contributed by atoms with Gasteiger partial charge in [-0.2, -0.15) is 0 Å². The summed E-state index contributed by atoms with van der Waals surface area (Å²) in [6, 6.07) is 0.574. The van der Waals surface area contributed by atoms with Gasteiger partial charge in [0.2, 0.25) is 10.0 Å². The Morgan fingerprint density at radius 3 is 2.71 bits per heavy atom. The van der Waals surface area contributed by atoms with Crippen LogP contribution in [0.5, 0.6) is 0 Å². The molecule has 0 aliphatic carbocycles. The van der Waals surface area contributed by atoms with Crippen LogP contribution in [0.25, 0.3) is 0 Å². The van der Waals surface area contributed by atoms with E-state index in [9.17, 15) is 8.42 Å². The van der Waals surface area contributed by atoms with Crippen molar-refractivity contribution in [3.8, 4) is 0 Å². The van der Waals surface area contributed by atoms with Crippen molar-refractivity contribution < 1.29 is 13.2 Å². The van der Waals surface area contributed by atoms with Crippen LogP contribution in [0.4, 0.5) is 0 Å². The largest absolute Gasteiger partial charge is 0.379 e. The molecule has 0 aromatic rings. The summed E-state index contributed by atoms with van der Waals surface area (Å²) in [5.74, 6) is 0.938. The highest BCUT2D eigenvalue weighted by atomic mass is 32.2. The van der Waals surface area contributed by atoms with Crippen molar-refractivity contribution >= 4 is 16.0 Å². The third kappa shape index (κ3) is 6.54. The molecule has 1 unspecified atom stereocenters. The Morgan fingerprint density at radius 1 is 1.29 bits per heavy atom. The summed E-state index contributed by atoms with van der Waals surface area (Å²) in [7, 11) is -3.11. The lowest BCUT2D eigenvalue weighted by Crippen LogP contribution is -2.46. The van der Waals surface area contributed by atoms with E-state index in [4.69, 9.17) is 4.74 Å². The molecule has 0 bridgehead atoms. The van der Waals surface area contributed by atoms with E-state index in [0.29, 0.717) is 25.6 Å². The molecule has 0 aromatic carbocycles. The van der Waals surface area contributed by atoms with Gasteiger partial charge in [-0.3, -0.25) is 9.89 Å². The standard InChI is InChI=1S/C15H31N5O3S/c1-3-16-15(17-6-4-7-18-24(2,21)22)20-8-5-14(13-20)19-9-11-23-12-10-19/h14,18H,3-13H2,1-2H3,(H,16,17). The quantitative estimate of drug-likeness (QED) is 0.354. The van der Waals surface area contributed by atoms with E-state index in [0.717, 1.165) is 58.3 Å². The number of nitrogens with zero attached hydrogens (tertiary/aromatic N) is 3. The molecule has 0 saturated carbocycles. The minimum absolute atomic E-state index is 0.429. The van der Waals surface area contributed by atoms with E-state index in [2.05, 4.69) is 31.8 Å². The summed E-state index contributed by atoms with van der Waals surface area (Å²) in [6.07, 6.45) is 3.03. The Labute approximate surface area is 145 Å². The fourth-order valence-electron chi connectivity index (χ4n) is 3.12. The summed E-state index contributed by atoms with van der Waals surface area (Å²) < 4.78 is 30.0. The van der Waals surface area contributed by atoms with Gasteiger partial charge >= 0.3 is 0 Å². The Morgan fingerprint density at radius 2 is 2.04 bits per heavy atom. The Balaban J connectivity index is 1.80. The fourth-order valence-corrected chi connectivity index (χ4v) is 3.64. The molecule has 1 atom stereocenters. The number of hydrogen-bond acceptors (Lipinski definition) is 5. The molecule has 0 aromatic heterocycles. The predicted molar refractivity (Wildman–Crippen MR) is 95.8 cm³/mol. The number of morpholine rings is 1. The van der Waals surface area contributed by atoms with Gasteiger partial charge in [-0.15, -0.1) is 0 Å². The van der Waals surface area contributed by atoms with E-state index >= 15 is 0 Å². The first-order chi connectivity index (χ1) is 11.5. The van der Waals surface area contributed by atoms with Crippen molar-refractivity contribution in [2.75, 3.05) is 65.3 Å². The molecule has 2 aliphatic heterocycles. The first kappa shape index (κ1) is 19.4. The average Bonchev–Trinajstić information content (AvgIpc) is 3.03. The molecule has 0 amide bonds. The van der Waals surface area contributed by atoms with Crippen molar-refractivity contribution in [3.63, 3.8) is 0 Å². The number of ether oxygens (including phenoxy) is 1. The average molecular weight is 362 g/mol. The van der Waals surface area contributed by atoms with Gasteiger partial charge in [0.1, 0.15) is 0 Å². The van der Waals surface area contributed by atoms with Crippen molar-refractivity contribution in [1.29, 1.82) is 0 Å². The van der Waals surface area contributed by atoms with E-state index < -0.39 is 10.0 Å². The molecule has 8 nitrogen and oxygen atoms in total. The van der Waals surface area contributed by atoms with Crippen LogP contribution in [0.3, 0.4) is 0 Å². The second kappa shape index (κ2) is 9.55. The molecule has 0 radical (unpaired) electrons. The van der Waals surface area contributed by atoms with Crippen LogP contribution >= 0.6 is 0 Å². The second-order valence-corrected chi connectivity index (χ2v) is 8.13. The van der Waals surface area contributed by atoms with Crippen molar-refractivity contribution in [2.24, 2.45) is 4.99 Å². The molecular formula is C15H31N5O3S. The predicted octanol–water partition coefficient (Wildman–Crippen LogP) is -0.702. The SMILES string of the molecule is CCNC(=NCCCNS(C)(=O)=O)N1CCC(N2CCOCC2)C1. The lowest BCUT2D eigenvalue weighted by atomic mass is 10.2. The monoisotopic (exact) mass is 361 g/mol. The van der Waals surface area contributed by atoms with Crippen molar-refractivity contribution in [1.82, 2.24) is 19.8 Å². The van der Waals surface area contributed by atoms with E-state index in [-0.39, 0.29) is 0 Å². The number of nitrogens with one attached hydrogen (secondary N) is 2. The minimum Gasteiger partial charge on any atom is -0.379 e. The smallest absolute Gasteiger partial charge is 0.208 e. The van der Waals surface area contributed by atoms with E-state index in [1.165, 1.54) is 6.26 Å². The third-order valence-electron chi connectivity index (χ3n) is 4.32. The second-order valence-electron chi connectivity index (χ2n) is 6.29. The first-order valence-corrected chi connectivity index (χ1v) is 10.7. The molecule has 2 N–H and O–H groups in total. The number of guanidine groups is 1. The Bertz CT molecular complexity index is 505. The first-order valence-electron chi connectivity index (χ1n) is 8.79. The molecule has 2 heterocycles. The minimum atomic E-state index is -3.11. The molecule has 2 rings (SSSR count). The third-order valence-corrected chi connectivity index (χ3v) is 5.05. The van der Waals surface area contributed by atoms with Crippen LogP contribution < -0.4 is 10.0 Å². The molecule has 9 heteroatoms. The Kier molecular flexibility index (Phi) is 7.73. The zero-order valence-corrected chi connectivity index (χ0v) is 15.6. The molecule has 2 aliphatic rings. The molecular weight excluding hydrogens is 330 g/mol. The zero-order valence-electron chi connectivity index (χ0n) is 14.8. The number of aliphatic imine (C=N–C) groups is 1. The summed E-state index contributed by atoms with van der Waals surface area (Å²) >= 11 is 0. The van der Waals surface area contributed by atoms with Crippen LogP contribution in [0.15, 0.2) is 4.99 Å². The van der Waals surface area contributed by atoms with Gasteiger partial charge in [0.05, 0.1) is 19.5 Å². The lowest BCUT2D eigenvalue weighted by Gasteiger charge is -2.32. The van der Waals surface area contributed by atoms with Gasteiger partial charge in [-0.05, 0) is 19.8 Å². The molecule has 2 fully saturated rings. The highest BCUT2D eigenvalue weighted by Crippen LogP contribution is 2.17. The van der Waals surface area contributed by atoms with Crippen LogP contribution in [-0.2, 0) is 14.8 Å². The van der Waals surface area contributed by atoms with Crippen LogP contribution in [0.2, 0.25) is 0 Å². The zero-order chi connectivity index (χ0) is 17.4. The maximum atomic E-state index is 11.0. The number of rotatable bonds is 7. The topological polar surface area (TPSA) is 86.3 Å². The fraction of sp³-hybridized carbons (Fsp3) is 0.933. The van der Waals surface area contributed by atoms with Crippen LogP contribution in [0.1, 0.15) is 19.8 Å². The summed E-state index contributed by atoms with van der Waals surface area (Å²) in [4.78, 5) is 9.48. The maximum absolute atomic E-state index is 11.0. The normalized spacial score (nSPS) is 23.7. The maximum Gasteiger partial charge on any atom is 0.208 e. The van der Waals surface area contributed by atoms with Crippen molar-refractivity contribution in [3.05, 3.63) is 0 Å². The van der Waals surface area contributed by atoms with Crippen molar-refractivity contribution in [2.45, 2.75) is 25.8 Å². The lowest BCUT2D eigenvalue weighted by molar-refractivity contribution is 0.0195. The number of sulfonamides is 1. The van der Waals surface area contributed by atoms with E-state index in [1.807, 2.05) is 0 Å². The molecule has 2 saturated heterocycles. The highest BCUT2D eigenvalue weighted by Gasteiger charge is 2.30. The summed E-state index contributed by atoms with van der Waals surface area (Å²) in [5, 5.41) is 3.35. The van der Waals surface area contributed by atoms with Gasteiger partial charge in [0, 0.05) is 51.9 Å². The summed E-state index contributed by atoms with van der Waals surface area (Å²) in [5.41, 5.74) is 0. The van der Waals surface area contributed by atoms with Crippen LogP contribution in [0, 0.1) is 0 Å². The van der Waals surface area contributed by atoms with Gasteiger partial charge in [-0.25, -0.2) is 13.1 Å². The molecule has 24 heavy (non-hydrogen) atoms. The van der Waals surface area contributed by atoms with Gasteiger partial charge in [0.25, 0.3) is 0 Å². The van der Waals surface area contributed by atoms with Crippen LogP contribution in [-0.4, -0.2) is 95.5 Å². The van der Waals surface area contributed by atoms with Gasteiger partial charge in [0.15, 0.2) is 5.96 Å². The highest BCUT2D eigenvalue weighted by molar-refractivity contribution is 7.88. The van der Waals surface area contributed by atoms with Gasteiger partial charge < -0.3 is 15.0 Å². The van der Waals surface area contributed by atoms with E-state index in [1.54, 1.807) is 0 Å². The molecule has 140 valence electrons. The number of likely N-dealkylation sites (tertiary alicyclic amines) is 1. The van der Waals surface area contributed by atoms with Gasteiger partial charge in [-0.1, -0.05) is 0 Å². The Hall–Kier alpha value is -0.900. The summed E-state index contributed by atoms with van der Waals surface area (Å²) in [6.45, 7) is 9.64.